The summed E-state index contributed by atoms with van der Waals surface area (Å²) in [5, 5.41) is 7.10. The van der Waals surface area contributed by atoms with Crippen LogP contribution < -0.4 is 14.9 Å². The maximum absolute atomic E-state index is 13.7. The van der Waals surface area contributed by atoms with Gasteiger partial charge in [-0.1, -0.05) is 60.1 Å². The van der Waals surface area contributed by atoms with Gasteiger partial charge >= 0.3 is 6.18 Å². The van der Waals surface area contributed by atoms with Gasteiger partial charge in [0.25, 0.3) is 15.9 Å². The largest absolute Gasteiger partial charge is 0.416 e. The van der Waals surface area contributed by atoms with Crippen molar-refractivity contribution in [3.8, 4) is 17.1 Å². The van der Waals surface area contributed by atoms with Crippen LogP contribution in [0.1, 0.15) is 16.2 Å². The summed E-state index contributed by atoms with van der Waals surface area (Å²) < 4.78 is 77.1. The molecule has 1 fully saturated rings. The second kappa shape index (κ2) is 13.1. The van der Waals surface area contributed by atoms with Crippen LogP contribution in [0.25, 0.3) is 17.1 Å². The number of alkyl halides is 3. The van der Waals surface area contributed by atoms with Crippen molar-refractivity contribution in [2.45, 2.75) is 11.1 Å². The highest BCUT2D eigenvalue weighted by Crippen LogP contribution is 2.34. The number of morpholine rings is 1. The number of rotatable bonds is 8. The van der Waals surface area contributed by atoms with Crippen LogP contribution in [0.2, 0.25) is 5.02 Å². The number of nitrogens with one attached hydrogen (secondary N) is 2. The number of benzene rings is 4. The number of nitrogens with zero attached hydrogens (tertiary/aromatic N) is 4. The summed E-state index contributed by atoms with van der Waals surface area (Å²) in [6.07, 6.45) is -4.60. The third-order valence-electron chi connectivity index (χ3n) is 7.24. The lowest BCUT2D eigenvalue weighted by Crippen LogP contribution is -2.37. The molecule has 0 aliphatic carbocycles. The molecule has 47 heavy (non-hydrogen) atoms. The fourth-order valence-corrected chi connectivity index (χ4v) is 6.55. The van der Waals surface area contributed by atoms with E-state index in [4.69, 9.17) is 16.3 Å². The first-order chi connectivity index (χ1) is 22.5. The fourth-order valence-electron chi connectivity index (χ4n) is 4.98. The van der Waals surface area contributed by atoms with Crippen molar-refractivity contribution in [2.75, 3.05) is 41.2 Å². The number of sulfonamides is 1. The van der Waals surface area contributed by atoms with Gasteiger partial charge in [0.2, 0.25) is 5.82 Å². The molecule has 242 valence electrons. The lowest BCUT2D eigenvalue weighted by Gasteiger charge is -2.30. The third kappa shape index (κ3) is 7.09. The van der Waals surface area contributed by atoms with Crippen molar-refractivity contribution in [2.24, 2.45) is 0 Å². The summed E-state index contributed by atoms with van der Waals surface area (Å²) in [4.78, 5) is 19.6. The van der Waals surface area contributed by atoms with Crippen LogP contribution in [0.5, 0.6) is 0 Å². The Kier molecular flexibility index (Phi) is 8.90. The van der Waals surface area contributed by atoms with E-state index in [0.717, 1.165) is 16.8 Å². The van der Waals surface area contributed by atoms with Crippen LogP contribution in [0, 0.1) is 0 Å². The molecule has 4 aromatic carbocycles. The van der Waals surface area contributed by atoms with Gasteiger partial charge in [0, 0.05) is 24.3 Å². The van der Waals surface area contributed by atoms with Crippen molar-refractivity contribution in [1.29, 1.82) is 0 Å². The monoisotopic (exact) mass is 682 g/mol. The number of para-hydroxylation sites is 1. The summed E-state index contributed by atoms with van der Waals surface area (Å²) >= 11 is 6.23. The molecular weight excluding hydrogens is 657 g/mol. The Morgan fingerprint density at radius 2 is 1.62 bits per heavy atom. The Morgan fingerprint density at radius 3 is 2.34 bits per heavy atom. The normalized spacial score (nSPS) is 13.7. The topological polar surface area (TPSA) is 118 Å². The first kappa shape index (κ1) is 32.0. The average molecular weight is 683 g/mol. The predicted molar refractivity (Wildman–Crippen MR) is 171 cm³/mol. The fraction of sp³-hybridized carbons (Fsp3) is 0.156. The molecule has 2 N–H and O–H groups in total. The Morgan fingerprint density at radius 1 is 0.894 bits per heavy atom. The molecule has 15 heteroatoms. The number of anilines is 3. The Hall–Kier alpha value is -4.92. The van der Waals surface area contributed by atoms with Crippen molar-refractivity contribution < 1.29 is 31.1 Å². The van der Waals surface area contributed by atoms with E-state index in [1.807, 2.05) is 4.90 Å². The van der Waals surface area contributed by atoms with Crippen LogP contribution in [0.3, 0.4) is 0 Å². The Bertz CT molecular complexity index is 2030. The predicted octanol–water partition coefficient (Wildman–Crippen LogP) is 6.50. The van der Waals surface area contributed by atoms with E-state index in [0.29, 0.717) is 37.6 Å². The molecule has 6 rings (SSSR count). The summed E-state index contributed by atoms with van der Waals surface area (Å²) in [5.74, 6) is -1.03. The number of hydrogen-bond donors (Lipinski definition) is 2. The zero-order chi connectivity index (χ0) is 33.2. The van der Waals surface area contributed by atoms with E-state index in [1.54, 1.807) is 60.7 Å². The summed E-state index contributed by atoms with van der Waals surface area (Å²) in [6.45, 7) is 1.69. The van der Waals surface area contributed by atoms with Gasteiger partial charge in [-0.2, -0.15) is 13.2 Å². The number of carbonyl (C=O) groups is 1. The lowest BCUT2D eigenvalue weighted by molar-refractivity contribution is -0.137. The van der Waals surface area contributed by atoms with Crippen LogP contribution in [-0.4, -0.2) is 55.4 Å². The smallest absolute Gasteiger partial charge is 0.378 e. The first-order valence-corrected chi connectivity index (χ1v) is 16.1. The molecule has 10 nitrogen and oxygen atoms in total. The minimum atomic E-state index is -4.60. The number of hydrogen-bond acceptors (Lipinski definition) is 7. The molecule has 0 bridgehead atoms. The number of halogens is 4. The third-order valence-corrected chi connectivity index (χ3v) is 8.96. The zero-order valence-corrected chi connectivity index (χ0v) is 26.0. The molecule has 0 spiro atoms. The van der Waals surface area contributed by atoms with E-state index in [9.17, 15) is 26.4 Å². The highest BCUT2D eigenvalue weighted by Gasteiger charge is 2.31. The Labute approximate surface area is 272 Å². The minimum absolute atomic E-state index is 0.0409. The van der Waals surface area contributed by atoms with E-state index in [1.165, 1.54) is 24.3 Å². The van der Waals surface area contributed by atoms with E-state index in [2.05, 4.69) is 20.1 Å². The maximum atomic E-state index is 13.7. The number of aromatic nitrogens is 3. The average Bonchev–Trinajstić information content (AvgIpc) is 3.52. The quantitative estimate of drug-likeness (QED) is 0.192. The maximum Gasteiger partial charge on any atom is 0.416 e. The SMILES string of the molecule is O=C(Nc1ccc(N2CCOCC2)c(S(=O)(=O)Nc2ccccc2Cl)c1)c1nc(-c2ccccc2)n(-c2cccc(C(F)(F)F)c2)n1. The molecule has 1 aliphatic heterocycles. The first-order valence-electron chi connectivity index (χ1n) is 14.3. The molecule has 0 radical (unpaired) electrons. The molecule has 1 aromatic heterocycles. The van der Waals surface area contributed by atoms with Gasteiger partial charge in [-0.05, 0) is 48.5 Å². The molecule has 0 atom stereocenters. The van der Waals surface area contributed by atoms with Crippen molar-refractivity contribution in [3.63, 3.8) is 0 Å². The van der Waals surface area contributed by atoms with Gasteiger partial charge < -0.3 is 15.0 Å². The molecule has 1 amide bonds. The highest BCUT2D eigenvalue weighted by atomic mass is 35.5. The van der Waals surface area contributed by atoms with Crippen LogP contribution in [-0.2, 0) is 20.9 Å². The molecule has 0 saturated carbocycles. The van der Waals surface area contributed by atoms with Crippen LogP contribution in [0.15, 0.2) is 102 Å². The van der Waals surface area contributed by atoms with Gasteiger partial charge in [-0.3, -0.25) is 9.52 Å². The number of carbonyl (C=O) groups excluding carboxylic acids is 1. The lowest BCUT2D eigenvalue weighted by atomic mass is 10.2. The van der Waals surface area contributed by atoms with Crippen molar-refractivity contribution in [1.82, 2.24) is 14.8 Å². The van der Waals surface area contributed by atoms with Gasteiger partial charge in [0.05, 0.1) is 40.9 Å². The molecular formula is C32H26ClF3N6O4S. The molecule has 0 unspecified atom stereocenters. The number of amides is 1. The summed E-state index contributed by atoms with van der Waals surface area (Å²) in [6, 6.07) is 23.9. The van der Waals surface area contributed by atoms with Crippen molar-refractivity contribution in [3.05, 3.63) is 113 Å². The van der Waals surface area contributed by atoms with Gasteiger partial charge in [0.1, 0.15) is 4.90 Å². The molecule has 1 aliphatic rings. The van der Waals surface area contributed by atoms with E-state index < -0.39 is 27.7 Å². The highest BCUT2D eigenvalue weighted by molar-refractivity contribution is 7.93. The Balaban J connectivity index is 1.37. The van der Waals surface area contributed by atoms with Gasteiger partial charge in [0.15, 0.2) is 5.82 Å². The molecule has 2 heterocycles. The van der Waals surface area contributed by atoms with E-state index >= 15 is 0 Å². The standard InChI is InChI=1S/C32H26ClF3N6O4S/c33-25-11-4-5-12-26(25)40-47(44,45)28-20-23(13-14-27(28)41-15-17-46-18-16-41)37-31(43)29-38-30(21-7-2-1-3-8-21)42(39-29)24-10-6-9-22(19-24)32(34,35)36/h1-14,19-20,40H,15-18H2,(H,37,43). The van der Waals surface area contributed by atoms with Gasteiger partial charge in [-0.25, -0.2) is 18.1 Å². The van der Waals surface area contributed by atoms with Crippen LogP contribution >= 0.6 is 11.6 Å². The number of ether oxygens (including phenoxy) is 1. The zero-order valence-electron chi connectivity index (χ0n) is 24.4. The summed E-state index contributed by atoms with van der Waals surface area (Å²) in [5.41, 5.74) is 0.334. The van der Waals surface area contributed by atoms with Crippen LogP contribution in [0.4, 0.5) is 30.2 Å². The van der Waals surface area contributed by atoms with Crippen molar-refractivity contribution >= 4 is 44.6 Å². The second-order valence-electron chi connectivity index (χ2n) is 10.4. The molecule has 5 aromatic rings. The molecule has 1 saturated heterocycles. The van der Waals surface area contributed by atoms with Gasteiger partial charge in [-0.15, -0.1) is 5.10 Å². The second-order valence-corrected chi connectivity index (χ2v) is 12.5. The van der Waals surface area contributed by atoms with E-state index in [-0.39, 0.29) is 38.6 Å². The minimum Gasteiger partial charge on any atom is -0.378 e. The summed E-state index contributed by atoms with van der Waals surface area (Å²) in [7, 11) is -4.23.